The smallest absolute Gasteiger partial charge is 0.338 e. The van der Waals surface area contributed by atoms with Crippen LogP contribution >= 0.6 is 11.6 Å². The quantitative estimate of drug-likeness (QED) is 0.472. The number of hydrogen-bond acceptors (Lipinski definition) is 7. The van der Waals surface area contributed by atoms with E-state index in [2.05, 4.69) is 0 Å². The van der Waals surface area contributed by atoms with E-state index < -0.39 is 11.6 Å². The number of benzene rings is 2. The summed E-state index contributed by atoms with van der Waals surface area (Å²) >= 11 is 6.19. The van der Waals surface area contributed by atoms with Crippen molar-refractivity contribution in [2.24, 2.45) is 0 Å². The van der Waals surface area contributed by atoms with Crippen molar-refractivity contribution in [1.29, 1.82) is 0 Å². The molecule has 0 saturated heterocycles. The van der Waals surface area contributed by atoms with Gasteiger partial charge in [0.05, 0.1) is 24.3 Å². The second kappa shape index (κ2) is 8.45. The summed E-state index contributed by atoms with van der Waals surface area (Å²) in [7, 11) is 1.44. The molecule has 2 aromatic carbocycles. The van der Waals surface area contributed by atoms with Crippen LogP contribution in [-0.4, -0.2) is 24.8 Å². The minimum absolute atomic E-state index is 0.00548. The van der Waals surface area contributed by atoms with Crippen LogP contribution in [0.15, 0.2) is 39.5 Å². The van der Waals surface area contributed by atoms with Crippen molar-refractivity contribution in [2.45, 2.75) is 20.5 Å². The van der Waals surface area contributed by atoms with Gasteiger partial charge < -0.3 is 23.7 Å². The lowest BCUT2D eigenvalue weighted by Crippen LogP contribution is -2.09. The second-order valence-electron chi connectivity index (χ2n) is 6.18. The van der Waals surface area contributed by atoms with Crippen molar-refractivity contribution in [3.63, 3.8) is 0 Å². The summed E-state index contributed by atoms with van der Waals surface area (Å²) in [6, 6.07) is 7.23. The van der Waals surface area contributed by atoms with Gasteiger partial charge in [-0.1, -0.05) is 11.6 Å². The van der Waals surface area contributed by atoms with Gasteiger partial charge in [0.2, 0.25) is 0 Å². The number of aryl methyl sites for hydroxylation is 1. The standard InChI is InChI=1S/C21H19ClO7/c1-4-27-20-15(22)7-12(8-17(20)26-3)21(25)28-10-13-9-18(24)29-19-11(2)16(23)6-5-14(13)19/h5-9,23H,4,10H2,1-3H3. The summed E-state index contributed by atoms with van der Waals surface area (Å²) in [5.41, 5.74) is 0.696. The van der Waals surface area contributed by atoms with E-state index >= 15 is 0 Å². The van der Waals surface area contributed by atoms with Crippen LogP contribution in [0.3, 0.4) is 0 Å². The zero-order valence-corrected chi connectivity index (χ0v) is 16.8. The van der Waals surface area contributed by atoms with Crippen molar-refractivity contribution in [2.75, 3.05) is 13.7 Å². The maximum atomic E-state index is 12.5. The third-order valence-corrected chi connectivity index (χ3v) is 4.61. The van der Waals surface area contributed by atoms with Crippen LogP contribution in [0, 0.1) is 6.92 Å². The molecule has 1 aromatic heterocycles. The monoisotopic (exact) mass is 418 g/mol. The molecule has 0 amide bonds. The molecule has 8 heteroatoms. The molecule has 7 nitrogen and oxygen atoms in total. The number of hydrogen-bond donors (Lipinski definition) is 1. The number of fused-ring (bicyclic) bond motifs is 1. The highest BCUT2D eigenvalue weighted by atomic mass is 35.5. The average molecular weight is 419 g/mol. The summed E-state index contributed by atoms with van der Waals surface area (Å²) in [4.78, 5) is 24.4. The molecule has 0 aliphatic carbocycles. The van der Waals surface area contributed by atoms with Crippen LogP contribution in [0.1, 0.15) is 28.4 Å². The second-order valence-corrected chi connectivity index (χ2v) is 6.58. The lowest BCUT2D eigenvalue weighted by molar-refractivity contribution is 0.0473. The first-order valence-corrected chi connectivity index (χ1v) is 9.16. The molecule has 0 radical (unpaired) electrons. The van der Waals surface area contributed by atoms with E-state index in [-0.39, 0.29) is 28.5 Å². The Balaban J connectivity index is 1.89. The molecule has 3 rings (SSSR count). The molecule has 152 valence electrons. The fraction of sp³-hybridized carbons (Fsp3) is 0.238. The minimum atomic E-state index is -0.648. The number of carbonyl (C=O) groups is 1. The maximum Gasteiger partial charge on any atom is 0.338 e. The fourth-order valence-electron chi connectivity index (χ4n) is 2.88. The Morgan fingerprint density at radius 2 is 2.00 bits per heavy atom. The van der Waals surface area contributed by atoms with Crippen molar-refractivity contribution in [3.8, 4) is 17.2 Å². The van der Waals surface area contributed by atoms with Crippen molar-refractivity contribution < 1.29 is 28.5 Å². The van der Waals surface area contributed by atoms with E-state index in [0.29, 0.717) is 34.6 Å². The van der Waals surface area contributed by atoms with E-state index in [1.807, 2.05) is 0 Å². The first kappa shape index (κ1) is 20.5. The molecule has 0 spiro atoms. The van der Waals surface area contributed by atoms with Gasteiger partial charge in [0.15, 0.2) is 11.5 Å². The maximum absolute atomic E-state index is 12.5. The summed E-state index contributed by atoms with van der Waals surface area (Å²) in [6.07, 6.45) is 0. The highest BCUT2D eigenvalue weighted by Gasteiger charge is 2.18. The molecule has 0 aliphatic rings. The number of phenols is 1. The molecular formula is C21H19ClO7. The third-order valence-electron chi connectivity index (χ3n) is 4.33. The summed E-state index contributed by atoms with van der Waals surface area (Å²) in [6.45, 7) is 3.65. The van der Waals surface area contributed by atoms with E-state index in [9.17, 15) is 14.7 Å². The van der Waals surface area contributed by atoms with Crippen molar-refractivity contribution in [1.82, 2.24) is 0 Å². The molecule has 0 fully saturated rings. The van der Waals surface area contributed by atoms with Crippen LogP contribution in [-0.2, 0) is 11.3 Å². The summed E-state index contributed by atoms with van der Waals surface area (Å²) in [5.74, 6) is 0.00873. The number of methoxy groups -OCH3 is 1. The predicted molar refractivity (Wildman–Crippen MR) is 107 cm³/mol. The highest BCUT2D eigenvalue weighted by Crippen LogP contribution is 2.36. The lowest BCUT2D eigenvalue weighted by atomic mass is 10.1. The van der Waals surface area contributed by atoms with Gasteiger partial charge in [-0.2, -0.15) is 0 Å². The molecule has 0 aliphatic heterocycles. The number of esters is 1. The molecule has 1 heterocycles. The normalized spacial score (nSPS) is 10.8. The van der Waals surface area contributed by atoms with Gasteiger partial charge in [0.1, 0.15) is 17.9 Å². The van der Waals surface area contributed by atoms with Crippen LogP contribution in [0.4, 0.5) is 0 Å². The number of aromatic hydroxyl groups is 1. The van der Waals surface area contributed by atoms with Gasteiger partial charge in [0, 0.05) is 22.6 Å². The Morgan fingerprint density at radius 1 is 1.24 bits per heavy atom. The van der Waals surface area contributed by atoms with Crippen LogP contribution in [0.5, 0.6) is 17.2 Å². The van der Waals surface area contributed by atoms with Gasteiger partial charge >= 0.3 is 11.6 Å². The third kappa shape index (κ3) is 4.14. The SMILES string of the molecule is CCOc1c(Cl)cc(C(=O)OCc2cc(=O)oc3c(C)c(O)ccc23)cc1OC. The Hall–Kier alpha value is -3.19. The van der Waals surface area contributed by atoms with Crippen LogP contribution in [0.2, 0.25) is 5.02 Å². The van der Waals surface area contributed by atoms with Gasteiger partial charge in [0.25, 0.3) is 0 Å². The molecule has 29 heavy (non-hydrogen) atoms. The first-order valence-electron chi connectivity index (χ1n) is 8.78. The number of halogens is 1. The van der Waals surface area contributed by atoms with Crippen molar-refractivity contribution >= 4 is 28.5 Å². The Bertz CT molecular complexity index is 1130. The summed E-state index contributed by atoms with van der Waals surface area (Å²) in [5, 5.41) is 10.6. The number of carbonyl (C=O) groups excluding carboxylic acids is 1. The molecular weight excluding hydrogens is 400 g/mol. The van der Waals surface area contributed by atoms with Crippen molar-refractivity contribution in [3.05, 3.63) is 62.5 Å². The molecule has 0 unspecified atom stereocenters. The molecule has 0 saturated carbocycles. The van der Waals surface area contributed by atoms with Crippen LogP contribution < -0.4 is 15.1 Å². The number of ether oxygens (including phenoxy) is 3. The zero-order chi connectivity index (χ0) is 21.1. The van der Waals surface area contributed by atoms with Gasteiger partial charge in [-0.05, 0) is 38.1 Å². The number of rotatable bonds is 6. The zero-order valence-electron chi connectivity index (χ0n) is 16.1. The Morgan fingerprint density at radius 3 is 2.69 bits per heavy atom. The van der Waals surface area contributed by atoms with Gasteiger partial charge in [-0.15, -0.1) is 0 Å². The molecule has 3 aromatic rings. The van der Waals surface area contributed by atoms with E-state index in [1.54, 1.807) is 19.9 Å². The van der Waals surface area contributed by atoms with Crippen LogP contribution in [0.25, 0.3) is 11.0 Å². The van der Waals surface area contributed by atoms with E-state index in [1.165, 1.54) is 31.4 Å². The minimum Gasteiger partial charge on any atom is -0.508 e. The molecule has 0 atom stereocenters. The lowest BCUT2D eigenvalue weighted by Gasteiger charge is -2.13. The van der Waals surface area contributed by atoms with Gasteiger partial charge in [-0.25, -0.2) is 9.59 Å². The molecule has 0 bridgehead atoms. The average Bonchev–Trinajstić information content (AvgIpc) is 2.70. The predicted octanol–water partition coefficient (Wildman–Crippen LogP) is 4.22. The number of phenolic OH excluding ortho intramolecular Hbond substituents is 1. The summed E-state index contributed by atoms with van der Waals surface area (Å²) < 4.78 is 21.2. The van der Waals surface area contributed by atoms with E-state index in [4.69, 9.17) is 30.2 Å². The van der Waals surface area contributed by atoms with Gasteiger partial charge in [-0.3, -0.25) is 0 Å². The topological polar surface area (TPSA) is 95.2 Å². The highest BCUT2D eigenvalue weighted by molar-refractivity contribution is 6.32. The largest absolute Gasteiger partial charge is 0.508 e. The molecule has 1 N–H and O–H groups in total. The van der Waals surface area contributed by atoms with E-state index in [0.717, 1.165) is 0 Å². The Labute approximate surface area is 171 Å². The first-order chi connectivity index (χ1) is 13.8. The fourth-order valence-corrected chi connectivity index (χ4v) is 3.15. The Kier molecular flexibility index (Phi) is 5.98.